The molecule has 2 saturated heterocycles. The van der Waals surface area contributed by atoms with Crippen LogP contribution in [0.25, 0.3) is 5.57 Å². The van der Waals surface area contributed by atoms with Gasteiger partial charge in [-0.25, -0.2) is 9.29 Å². The summed E-state index contributed by atoms with van der Waals surface area (Å²) in [4.78, 5) is 18.3. The largest absolute Gasteiger partial charge is 0.331 e. The van der Waals surface area contributed by atoms with Crippen molar-refractivity contribution in [3.8, 4) is 0 Å². The van der Waals surface area contributed by atoms with Gasteiger partial charge in [0.25, 0.3) is 0 Å². The summed E-state index contributed by atoms with van der Waals surface area (Å²) in [6.07, 6.45) is 23.5. The Labute approximate surface area is 223 Å². The molecule has 1 aromatic heterocycles. The van der Waals surface area contributed by atoms with Crippen molar-refractivity contribution in [3.05, 3.63) is 59.7 Å². The van der Waals surface area contributed by atoms with Crippen molar-refractivity contribution in [3.63, 3.8) is 0 Å². The first-order valence-electron chi connectivity index (χ1n) is 13.8. The summed E-state index contributed by atoms with van der Waals surface area (Å²) in [5.41, 5.74) is 4.19. The van der Waals surface area contributed by atoms with E-state index in [4.69, 9.17) is 0 Å². The zero-order valence-electron chi connectivity index (χ0n) is 23.1. The van der Waals surface area contributed by atoms with Gasteiger partial charge >= 0.3 is 0 Å². The fourth-order valence-corrected chi connectivity index (χ4v) is 5.97. The van der Waals surface area contributed by atoms with Crippen molar-refractivity contribution >= 4 is 23.4 Å². The summed E-state index contributed by atoms with van der Waals surface area (Å²) in [6.45, 7) is 12.3. The first-order valence-corrected chi connectivity index (χ1v) is 14.7. The van der Waals surface area contributed by atoms with E-state index in [9.17, 15) is 4.79 Å². The summed E-state index contributed by atoms with van der Waals surface area (Å²) in [5, 5.41) is 2.17. The lowest BCUT2D eigenvalue weighted by Gasteiger charge is -2.38. The van der Waals surface area contributed by atoms with Crippen molar-refractivity contribution in [2.45, 2.75) is 85.6 Å². The maximum Gasteiger partial charge on any atom is 0.227 e. The summed E-state index contributed by atoms with van der Waals surface area (Å²) >= 11 is 1.81. The highest BCUT2D eigenvalue weighted by Crippen LogP contribution is 2.38. The Morgan fingerprint density at radius 2 is 2.00 bits per heavy atom. The highest BCUT2D eigenvalue weighted by molar-refractivity contribution is 7.99. The van der Waals surface area contributed by atoms with Gasteiger partial charge in [0.05, 0.1) is 18.2 Å². The normalized spacial score (nSPS) is 22.6. The molecule has 1 aromatic rings. The van der Waals surface area contributed by atoms with Crippen LogP contribution in [-0.2, 0) is 11.3 Å². The molecule has 2 aliphatic heterocycles. The Morgan fingerprint density at radius 1 is 1.22 bits per heavy atom. The molecule has 2 fully saturated rings. The van der Waals surface area contributed by atoms with Gasteiger partial charge in [-0.3, -0.25) is 4.79 Å². The summed E-state index contributed by atoms with van der Waals surface area (Å²) < 4.78 is 4.81. The number of allylic oxidation sites excluding steroid dienone is 7. The molecule has 6 heteroatoms. The van der Waals surface area contributed by atoms with Crippen molar-refractivity contribution < 1.29 is 4.79 Å². The Bertz CT molecular complexity index is 965. The maximum absolute atomic E-state index is 12.0. The molecule has 36 heavy (non-hydrogen) atoms. The maximum atomic E-state index is 12.0. The SMILES string of the molecule is CC/C=C\C=C(/CC)c1cncn1CCCC1(C)CCN(S/C=C/C=C2\C(CC)CC(=O)N2C)CC1. The molecule has 0 aliphatic carbocycles. The minimum absolute atomic E-state index is 0.236. The van der Waals surface area contributed by atoms with E-state index in [-0.39, 0.29) is 5.91 Å². The van der Waals surface area contributed by atoms with E-state index in [1.54, 1.807) is 0 Å². The van der Waals surface area contributed by atoms with Crippen LogP contribution in [0, 0.1) is 11.3 Å². The fourth-order valence-electron chi connectivity index (χ4n) is 5.26. The molecule has 3 heterocycles. The zero-order valence-corrected chi connectivity index (χ0v) is 23.9. The van der Waals surface area contributed by atoms with E-state index in [1.165, 1.54) is 37.0 Å². The third kappa shape index (κ3) is 7.72. The summed E-state index contributed by atoms with van der Waals surface area (Å²) in [7, 11) is 1.90. The average molecular weight is 511 g/mol. The molecule has 0 radical (unpaired) electrons. The number of piperidine rings is 1. The number of aryl methyl sites for hydroxylation is 1. The topological polar surface area (TPSA) is 41.4 Å². The van der Waals surface area contributed by atoms with Crippen LogP contribution in [-0.4, -0.2) is 44.8 Å². The first-order chi connectivity index (χ1) is 17.4. The van der Waals surface area contributed by atoms with Gasteiger partial charge in [0, 0.05) is 44.7 Å². The van der Waals surface area contributed by atoms with E-state index in [2.05, 4.69) is 77.3 Å². The van der Waals surface area contributed by atoms with Crippen molar-refractivity contribution in [2.75, 3.05) is 20.1 Å². The zero-order chi connectivity index (χ0) is 26.0. The lowest BCUT2D eigenvalue weighted by Crippen LogP contribution is -2.34. The van der Waals surface area contributed by atoms with Crippen molar-refractivity contribution in [2.24, 2.45) is 11.3 Å². The second kappa shape index (κ2) is 14.0. The lowest BCUT2D eigenvalue weighted by molar-refractivity contribution is -0.125. The van der Waals surface area contributed by atoms with Crippen LogP contribution in [0.15, 0.2) is 54.0 Å². The number of carbonyl (C=O) groups excluding carboxylic acids is 1. The third-order valence-electron chi connectivity index (χ3n) is 7.85. The quantitative estimate of drug-likeness (QED) is 0.216. The molecule has 2 aliphatic rings. The number of carbonyl (C=O) groups is 1. The summed E-state index contributed by atoms with van der Waals surface area (Å²) in [5.74, 6) is 0.605. The average Bonchev–Trinajstić information content (AvgIpc) is 3.45. The highest BCUT2D eigenvalue weighted by Gasteiger charge is 2.31. The molecule has 3 rings (SSSR count). The molecule has 0 N–H and O–H groups in total. The molecule has 0 saturated carbocycles. The molecular weight excluding hydrogens is 464 g/mol. The number of hydrogen-bond donors (Lipinski definition) is 0. The van der Waals surface area contributed by atoms with Gasteiger partial charge in [0.15, 0.2) is 0 Å². The number of rotatable bonds is 12. The van der Waals surface area contributed by atoms with Crippen LogP contribution in [0.4, 0.5) is 0 Å². The standard InChI is InChI=1S/C30H46N4OS/c1-6-9-10-13-25(7-2)28-23-31-24-33(28)18-12-15-30(4)16-19-34(20-17-30)36-21-11-14-27-26(8-3)22-29(35)32(27)5/h9-11,13-14,21,23-24,26H,6-8,12,15-20,22H2,1-5H3/b10-9-,21-11+,25-13+,27-14+. The number of likely N-dealkylation sites (tertiary alicyclic amines) is 1. The van der Waals surface area contributed by atoms with Gasteiger partial charge in [0.1, 0.15) is 0 Å². The van der Waals surface area contributed by atoms with Crippen molar-refractivity contribution in [1.29, 1.82) is 0 Å². The van der Waals surface area contributed by atoms with E-state index in [0.717, 1.165) is 44.6 Å². The predicted molar refractivity (Wildman–Crippen MR) is 154 cm³/mol. The Hall–Kier alpha value is -2.05. The first kappa shape index (κ1) is 28.5. The van der Waals surface area contributed by atoms with Gasteiger partial charge in [-0.05, 0) is 67.4 Å². The minimum atomic E-state index is 0.236. The van der Waals surface area contributed by atoms with Crippen LogP contribution in [0.5, 0.6) is 0 Å². The van der Waals surface area contributed by atoms with Crippen LogP contribution in [0.1, 0.15) is 84.8 Å². The Morgan fingerprint density at radius 3 is 2.69 bits per heavy atom. The number of imidazole rings is 1. The molecule has 5 nitrogen and oxygen atoms in total. The van der Waals surface area contributed by atoms with Gasteiger partial charge in [0.2, 0.25) is 5.91 Å². The second-order valence-corrected chi connectivity index (χ2v) is 11.5. The molecule has 0 bridgehead atoms. The fraction of sp³-hybridized carbons (Fsp3) is 0.600. The smallest absolute Gasteiger partial charge is 0.227 e. The molecular formula is C30H46N4OS. The van der Waals surface area contributed by atoms with Crippen LogP contribution < -0.4 is 0 Å². The number of hydrogen-bond acceptors (Lipinski definition) is 4. The monoisotopic (exact) mass is 510 g/mol. The predicted octanol–water partition coefficient (Wildman–Crippen LogP) is 7.46. The molecule has 1 atom stereocenters. The highest BCUT2D eigenvalue weighted by atomic mass is 32.2. The van der Waals surface area contributed by atoms with Crippen LogP contribution in [0.2, 0.25) is 0 Å². The van der Waals surface area contributed by atoms with Crippen molar-refractivity contribution in [1.82, 2.24) is 18.8 Å². The van der Waals surface area contributed by atoms with Gasteiger partial charge in [-0.15, -0.1) is 0 Å². The van der Waals surface area contributed by atoms with Gasteiger partial charge in [-0.2, -0.15) is 0 Å². The van der Waals surface area contributed by atoms with Crippen LogP contribution in [0.3, 0.4) is 0 Å². The Balaban J connectivity index is 1.44. The number of amides is 1. The van der Waals surface area contributed by atoms with E-state index < -0.39 is 0 Å². The molecule has 0 aromatic carbocycles. The van der Waals surface area contributed by atoms with Gasteiger partial charge < -0.3 is 9.47 Å². The third-order valence-corrected chi connectivity index (χ3v) is 8.79. The second-order valence-electron chi connectivity index (χ2n) is 10.5. The summed E-state index contributed by atoms with van der Waals surface area (Å²) in [6, 6.07) is 0. The lowest BCUT2D eigenvalue weighted by atomic mass is 9.77. The Kier molecular flexibility index (Phi) is 11.1. The minimum Gasteiger partial charge on any atom is -0.331 e. The molecule has 0 spiro atoms. The number of aromatic nitrogens is 2. The van der Waals surface area contributed by atoms with E-state index in [0.29, 0.717) is 17.8 Å². The molecule has 198 valence electrons. The van der Waals surface area contributed by atoms with Crippen LogP contribution >= 0.6 is 11.9 Å². The molecule has 1 amide bonds. The van der Waals surface area contributed by atoms with Gasteiger partial charge in [-0.1, -0.05) is 63.9 Å². The molecule has 1 unspecified atom stereocenters. The van der Waals surface area contributed by atoms with E-state index in [1.807, 2.05) is 36.4 Å². The van der Waals surface area contributed by atoms with E-state index >= 15 is 0 Å². The number of nitrogens with zero attached hydrogens (tertiary/aromatic N) is 4.